The van der Waals surface area contributed by atoms with Crippen molar-refractivity contribution in [2.45, 2.75) is 129 Å². The smallest absolute Gasteiger partial charge is 0.304 e. The van der Waals surface area contributed by atoms with Gasteiger partial charge in [-0.05, 0) is 32.5 Å². The number of carbonyl (C=O) groups is 1. The van der Waals surface area contributed by atoms with Crippen LogP contribution in [0.3, 0.4) is 0 Å². The summed E-state index contributed by atoms with van der Waals surface area (Å²) in [6.07, 6.45) is 21.9. The van der Waals surface area contributed by atoms with E-state index in [4.69, 9.17) is 9.79 Å². The molecule has 1 amide bonds. The predicted octanol–water partition coefficient (Wildman–Crippen LogP) is 6.49. The summed E-state index contributed by atoms with van der Waals surface area (Å²) in [7, 11) is -4.64. The Labute approximate surface area is 197 Å². The lowest BCUT2D eigenvalue weighted by atomic mass is 10.0. The molecule has 3 N–H and O–H groups in total. The number of carbonyl (C=O) groups excluding carboxylic acids is 1. The van der Waals surface area contributed by atoms with Crippen molar-refractivity contribution >= 4 is 13.7 Å². The zero-order chi connectivity index (χ0) is 23.9. The first kappa shape index (κ1) is 31.5. The number of amides is 1. The van der Waals surface area contributed by atoms with Crippen molar-refractivity contribution in [3.8, 4) is 0 Å². The SMILES string of the molecule is CCN(CC)CCCCCCCCCCCCCCCCCCCC(=O)NOP(=O)(O)O. The summed E-state index contributed by atoms with van der Waals surface area (Å²) in [6.45, 7) is 8.13. The van der Waals surface area contributed by atoms with Crippen LogP contribution >= 0.6 is 7.82 Å². The number of nitrogens with one attached hydrogen (secondary N) is 1. The van der Waals surface area contributed by atoms with Crippen molar-refractivity contribution in [1.29, 1.82) is 0 Å². The number of nitrogens with zero attached hydrogens (tertiary/aromatic N) is 1. The van der Waals surface area contributed by atoms with Gasteiger partial charge in [0.2, 0.25) is 5.91 Å². The quantitative estimate of drug-likeness (QED) is 0.0833. The number of rotatable bonds is 24. The summed E-state index contributed by atoms with van der Waals surface area (Å²) >= 11 is 0. The molecule has 7 nitrogen and oxygen atoms in total. The zero-order valence-corrected chi connectivity index (χ0v) is 21.8. The molecule has 0 aromatic rings. The Balaban J connectivity index is 3.18. The summed E-state index contributed by atoms with van der Waals surface area (Å²) in [4.78, 5) is 30.8. The molecule has 0 fully saturated rings. The lowest BCUT2D eigenvalue weighted by Crippen LogP contribution is -2.23. The fourth-order valence-corrected chi connectivity index (χ4v) is 4.19. The molecule has 32 heavy (non-hydrogen) atoms. The van der Waals surface area contributed by atoms with Crippen molar-refractivity contribution in [2.24, 2.45) is 0 Å². The first-order valence-corrected chi connectivity index (χ1v) is 14.7. The average Bonchev–Trinajstić information content (AvgIpc) is 2.76. The molecule has 0 aliphatic rings. The minimum absolute atomic E-state index is 0.233. The highest BCUT2D eigenvalue weighted by Gasteiger charge is 2.15. The molecule has 8 heteroatoms. The third kappa shape index (κ3) is 24.2. The Morgan fingerprint density at radius 2 is 1.03 bits per heavy atom. The molecule has 0 aliphatic heterocycles. The average molecular weight is 479 g/mol. The molecule has 0 spiro atoms. The Hall–Kier alpha value is -0.460. The Morgan fingerprint density at radius 3 is 1.38 bits per heavy atom. The van der Waals surface area contributed by atoms with Gasteiger partial charge in [-0.25, -0.2) is 10.0 Å². The van der Waals surface area contributed by atoms with E-state index < -0.39 is 13.7 Å². The van der Waals surface area contributed by atoms with Gasteiger partial charge < -0.3 is 14.7 Å². The maximum absolute atomic E-state index is 11.3. The Bertz CT molecular complexity index is 469. The largest absolute Gasteiger partial charge is 0.491 e. The van der Waals surface area contributed by atoms with E-state index in [1.165, 1.54) is 110 Å². The molecular formula is C24H51N2O5P. The molecule has 0 atom stereocenters. The molecule has 0 aromatic carbocycles. The van der Waals surface area contributed by atoms with Crippen molar-refractivity contribution in [3.63, 3.8) is 0 Å². The normalized spacial score (nSPS) is 11.9. The van der Waals surface area contributed by atoms with Crippen LogP contribution in [0.1, 0.15) is 129 Å². The van der Waals surface area contributed by atoms with E-state index in [1.54, 1.807) is 5.48 Å². The maximum Gasteiger partial charge on any atom is 0.491 e. The predicted molar refractivity (Wildman–Crippen MR) is 132 cm³/mol. The lowest BCUT2D eigenvalue weighted by molar-refractivity contribution is -0.128. The molecule has 0 aliphatic carbocycles. The molecule has 0 unspecified atom stereocenters. The van der Waals surface area contributed by atoms with E-state index in [0.717, 1.165) is 12.8 Å². The molecule has 0 saturated heterocycles. The van der Waals surface area contributed by atoms with Crippen LogP contribution in [0.5, 0.6) is 0 Å². The van der Waals surface area contributed by atoms with Crippen LogP contribution < -0.4 is 5.48 Å². The summed E-state index contributed by atoms with van der Waals surface area (Å²) < 4.78 is 14.4. The highest BCUT2D eigenvalue weighted by molar-refractivity contribution is 7.46. The van der Waals surface area contributed by atoms with E-state index in [9.17, 15) is 9.36 Å². The van der Waals surface area contributed by atoms with Crippen LogP contribution in [-0.2, 0) is 14.0 Å². The van der Waals surface area contributed by atoms with Gasteiger partial charge >= 0.3 is 7.82 Å². The van der Waals surface area contributed by atoms with Gasteiger partial charge in [0.15, 0.2) is 0 Å². The topological polar surface area (TPSA) is 99.1 Å². The molecule has 0 bridgehead atoms. The highest BCUT2D eigenvalue weighted by Crippen LogP contribution is 2.33. The second-order valence-corrected chi connectivity index (χ2v) is 10.1. The number of phosphoric acid groups is 1. The van der Waals surface area contributed by atoms with E-state index >= 15 is 0 Å². The van der Waals surface area contributed by atoms with Crippen molar-refractivity contribution in [3.05, 3.63) is 0 Å². The lowest BCUT2D eigenvalue weighted by Gasteiger charge is -2.17. The summed E-state index contributed by atoms with van der Waals surface area (Å²) in [5.41, 5.74) is 1.78. The van der Waals surface area contributed by atoms with Crippen molar-refractivity contribution in [2.75, 3.05) is 19.6 Å². The van der Waals surface area contributed by atoms with Gasteiger partial charge in [0, 0.05) is 6.42 Å². The van der Waals surface area contributed by atoms with Crippen LogP contribution in [0.2, 0.25) is 0 Å². The van der Waals surface area contributed by atoms with Crippen LogP contribution in [-0.4, -0.2) is 40.2 Å². The fourth-order valence-electron chi connectivity index (χ4n) is 3.97. The van der Waals surface area contributed by atoms with E-state index in [2.05, 4.69) is 23.4 Å². The first-order valence-electron chi connectivity index (χ1n) is 13.1. The first-order chi connectivity index (χ1) is 15.4. The summed E-state index contributed by atoms with van der Waals surface area (Å²) in [5.74, 6) is -0.487. The fraction of sp³-hybridized carbons (Fsp3) is 0.958. The molecule has 0 heterocycles. The van der Waals surface area contributed by atoms with Gasteiger partial charge in [0.25, 0.3) is 0 Å². The molecular weight excluding hydrogens is 427 g/mol. The van der Waals surface area contributed by atoms with Crippen LogP contribution in [0.25, 0.3) is 0 Å². The van der Waals surface area contributed by atoms with Crippen LogP contribution in [0.15, 0.2) is 0 Å². The maximum atomic E-state index is 11.3. The second kappa shape index (κ2) is 22.3. The van der Waals surface area contributed by atoms with Gasteiger partial charge in [-0.1, -0.05) is 110 Å². The van der Waals surface area contributed by atoms with E-state index in [0.29, 0.717) is 6.42 Å². The molecule has 0 radical (unpaired) electrons. The highest BCUT2D eigenvalue weighted by atomic mass is 31.2. The third-order valence-electron chi connectivity index (χ3n) is 6.05. The minimum Gasteiger partial charge on any atom is -0.304 e. The van der Waals surface area contributed by atoms with Gasteiger partial charge in [-0.2, -0.15) is 4.62 Å². The Kier molecular flexibility index (Phi) is 22.0. The standard InChI is InChI=1S/C24H51N2O5P/c1-3-26(4-2)23-21-19-17-15-13-11-9-7-5-6-8-10-12-14-16-18-20-22-24(27)25-31-32(28,29)30/h3-23H2,1-2H3,(H,25,27)(H2,28,29,30). The number of hydrogen-bond acceptors (Lipinski definition) is 4. The third-order valence-corrected chi connectivity index (χ3v) is 6.38. The molecule has 0 rings (SSSR count). The summed E-state index contributed by atoms with van der Waals surface area (Å²) in [6, 6.07) is 0. The second-order valence-electron chi connectivity index (χ2n) is 8.89. The Morgan fingerprint density at radius 1 is 0.688 bits per heavy atom. The van der Waals surface area contributed by atoms with Gasteiger partial charge in [-0.15, -0.1) is 0 Å². The number of unbranched alkanes of at least 4 members (excludes halogenated alkanes) is 16. The monoisotopic (exact) mass is 478 g/mol. The van der Waals surface area contributed by atoms with Crippen molar-refractivity contribution < 1.29 is 23.8 Å². The van der Waals surface area contributed by atoms with Crippen LogP contribution in [0.4, 0.5) is 0 Å². The molecule has 0 aromatic heterocycles. The van der Waals surface area contributed by atoms with Gasteiger partial charge in [0.05, 0.1) is 0 Å². The molecule has 192 valence electrons. The number of hydrogen-bond donors (Lipinski definition) is 3. The van der Waals surface area contributed by atoms with E-state index in [1.807, 2.05) is 0 Å². The van der Waals surface area contributed by atoms with Crippen molar-refractivity contribution in [1.82, 2.24) is 10.4 Å². The molecule has 0 saturated carbocycles. The van der Waals surface area contributed by atoms with Crippen LogP contribution in [0, 0.1) is 0 Å². The minimum atomic E-state index is -4.64. The zero-order valence-electron chi connectivity index (χ0n) is 20.9. The van der Waals surface area contributed by atoms with E-state index in [-0.39, 0.29) is 6.42 Å². The van der Waals surface area contributed by atoms with Gasteiger partial charge in [-0.3, -0.25) is 4.79 Å². The summed E-state index contributed by atoms with van der Waals surface area (Å²) in [5, 5.41) is 0. The van der Waals surface area contributed by atoms with Gasteiger partial charge in [0.1, 0.15) is 0 Å². The number of hydroxylamine groups is 1.